The molecule has 0 aliphatic rings. The van der Waals surface area contributed by atoms with Crippen LogP contribution in [0.2, 0.25) is 0 Å². The third kappa shape index (κ3) is 3.50. The standard InChI is InChI=1S/C11H21N3OS/c1-5-12-9(7-15-6-2)11-10(8(3)4)13-14-16-11/h8-9,12H,5-7H2,1-4H3. The number of likely N-dealkylation sites (N-methyl/N-ethyl adjacent to an activating group) is 1. The normalized spacial score (nSPS) is 13.3. The molecule has 0 aromatic carbocycles. The van der Waals surface area contributed by atoms with Gasteiger partial charge in [-0.25, -0.2) is 0 Å². The van der Waals surface area contributed by atoms with Gasteiger partial charge in [0, 0.05) is 6.61 Å². The Morgan fingerprint density at radius 1 is 1.38 bits per heavy atom. The van der Waals surface area contributed by atoms with E-state index >= 15 is 0 Å². The van der Waals surface area contributed by atoms with Crippen LogP contribution in [-0.2, 0) is 4.74 Å². The molecule has 0 aliphatic carbocycles. The summed E-state index contributed by atoms with van der Waals surface area (Å²) in [5.41, 5.74) is 1.09. The number of nitrogens with zero attached hydrogens (tertiary/aromatic N) is 2. The Kier molecular flexibility index (Phi) is 5.87. The quantitative estimate of drug-likeness (QED) is 0.798. The van der Waals surface area contributed by atoms with Crippen molar-refractivity contribution in [3.8, 4) is 0 Å². The van der Waals surface area contributed by atoms with Crippen molar-refractivity contribution in [2.45, 2.75) is 39.7 Å². The van der Waals surface area contributed by atoms with Gasteiger partial charge in [0.15, 0.2) is 0 Å². The van der Waals surface area contributed by atoms with Crippen LogP contribution >= 0.6 is 11.5 Å². The van der Waals surface area contributed by atoms with E-state index in [2.05, 4.69) is 35.7 Å². The van der Waals surface area contributed by atoms with Gasteiger partial charge in [-0.3, -0.25) is 0 Å². The van der Waals surface area contributed by atoms with Crippen molar-refractivity contribution in [3.05, 3.63) is 10.6 Å². The molecule has 1 aromatic heterocycles. The van der Waals surface area contributed by atoms with Gasteiger partial charge in [0.1, 0.15) is 0 Å². The summed E-state index contributed by atoms with van der Waals surface area (Å²) in [5, 5.41) is 7.62. The van der Waals surface area contributed by atoms with Crippen LogP contribution in [0.4, 0.5) is 0 Å². The molecule has 1 aromatic rings. The van der Waals surface area contributed by atoms with Crippen molar-refractivity contribution in [1.29, 1.82) is 0 Å². The fourth-order valence-corrected chi connectivity index (χ4v) is 2.42. The van der Waals surface area contributed by atoms with Gasteiger partial charge in [-0.05, 0) is 30.9 Å². The molecule has 1 unspecified atom stereocenters. The highest BCUT2D eigenvalue weighted by Crippen LogP contribution is 2.26. The molecule has 92 valence electrons. The summed E-state index contributed by atoms with van der Waals surface area (Å²) >= 11 is 1.47. The van der Waals surface area contributed by atoms with Gasteiger partial charge >= 0.3 is 0 Å². The van der Waals surface area contributed by atoms with Crippen molar-refractivity contribution in [3.63, 3.8) is 0 Å². The number of ether oxygens (including phenoxy) is 1. The van der Waals surface area contributed by atoms with Crippen molar-refractivity contribution in [2.24, 2.45) is 0 Å². The summed E-state index contributed by atoms with van der Waals surface area (Å²) in [6.45, 7) is 10.7. The molecule has 1 rings (SSSR count). The van der Waals surface area contributed by atoms with E-state index < -0.39 is 0 Å². The fourth-order valence-electron chi connectivity index (χ4n) is 1.56. The summed E-state index contributed by atoms with van der Waals surface area (Å²) in [6.07, 6.45) is 0. The zero-order valence-corrected chi connectivity index (χ0v) is 11.3. The minimum absolute atomic E-state index is 0.224. The molecule has 5 heteroatoms. The second kappa shape index (κ2) is 6.93. The first-order chi connectivity index (χ1) is 7.70. The van der Waals surface area contributed by atoms with Crippen LogP contribution in [0.1, 0.15) is 50.2 Å². The van der Waals surface area contributed by atoms with Crippen molar-refractivity contribution < 1.29 is 4.74 Å². The molecule has 0 bridgehead atoms. The van der Waals surface area contributed by atoms with Crippen LogP contribution in [0.25, 0.3) is 0 Å². The zero-order valence-electron chi connectivity index (χ0n) is 10.5. The third-order valence-corrected chi connectivity index (χ3v) is 3.20. The first kappa shape index (κ1) is 13.5. The summed E-state index contributed by atoms with van der Waals surface area (Å²) < 4.78 is 9.55. The lowest BCUT2D eigenvalue weighted by molar-refractivity contribution is 0.124. The molecule has 16 heavy (non-hydrogen) atoms. The molecule has 0 saturated carbocycles. The van der Waals surface area contributed by atoms with Gasteiger partial charge in [0.25, 0.3) is 0 Å². The van der Waals surface area contributed by atoms with E-state index in [4.69, 9.17) is 4.74 Å². The average Bonchev–Trinajstić information content (AvgIpc) is 2.73. The van der Waals surface area contributed by atoms with E-state index in [1.807, 2.05) is 6.92 Å². The minimum Gasteiger partial charge on any atom is -0.380 e. The molecule has 4 nitrogen and oxygen atoms in total. The van der Waals surface area contributed by atoms with E-state index in [1.165, 1.54) is 16.4 Å². The van der Waals surface area contributed by atoms with Crippen LogP contribution in [-0.4, -0.2) is 29.3 Å². The molecule has 0 radical (unpaired) electrons. The highest BCUT2D eigenvalue weighted by molar-refractivity contribution is 7.05. The van der Waals surface area contributed by atoms with Crippen LogP contribution in [0.15, 0.2) is 0 Å². The van der Waals surface area contributed by atoms with Crippen LogP contribution < -0.4 is 5.32 Å². The number of nitrogens with one attached hydrogen (secondary N) is 1. The van der Waals surface area contributed by atoms with Crippen LogP contribution in [0.3, 0.4) is 0 Å². The van der Waals surface area contributed by atoms with Gasteiger partial charge in [0.2, 0.25) is 0 Å². The molecule has 0 spiro atoms. The van der Waals surface area contributed by atoms with E-state index in [9.17, 15) is 0 Å². The Bertz CT molecular complexity index is 301. The van der Waals surface area contributed by atoms with Gasteiger partial charge in [0.05, 0.1) is 23.2 Å². The first-order valence-corrected chi connectivity index (χ1v) is 6.61. The van der Waals surface area contributed by atoms with Crippen molar-refractivity contribution >= 4 is 11.5 Å². The molecule has 1 heterocycles. The van der Waals surface area contributed by atoms with Crippen molar-refractivity contribution in [2.75, 3.05) is 19.8 Å². The molecular formula is C11H21N3OS. The Hall–Kier alpha value is -0.520. The smallest absolute Gasteiger partial charge is 0.0829 e. The lowest BCUT2D eigenvalue weighted by Crippen LogP contribution is -2.25. The van der Waals surface area contributed by atoms with Crippen LogP contribution in [0, 0.1) is 0 Å². The molecular weight excluding hydrogens is 222 g/mol. The maximum Gasteiger partial charge on any atom is 0.0829 e. The topological polar surface area (TPSA) is 47.0 Å². The number of hydrogen-bond donors (Lipinski definition) is 1. The molecule has 0 saturated heterocycles. The maximum absolute atomic E-state index is 5.50. The van der Waals surface area contributed by atoms with Gasteiger partial charge in [-0.2, -0.15) is 0 Å². The molecule has 0 fully saturated rings. The fraction of sp³-hybridized carbons (Fsp3) is 0.818. The lowest BCUT2D eigenvalue weighted by Gasteiger charge is -2.17. The van der Waals surface area contributed by atoms with E-state index in [1.54, 1.807) is 0 Å². The van der Waals surface area contributed by atoms with Crippen molar-refractivity contribution in [1.82, 2.24) is 14.9 Å². The maximum atomic E-state index is 5.50. The Morgan fingerprint density at radius 2 is 2.12 bits per heavy atom. The van der Waals surface area contributed by atoms with E-state index in [0.29, 0.717) is 12.5 Å². The highest BCUT2D eigenvalue weighted by atomic mass is 32.1. The Balaban J connectivity index is 2.78. The second-order valence-electron chi connectivity index (χ2n) is 3.95. The van der Waals surface area contributed by atoms with E-state index in [-0.39, 0.29) is 6.04 Å². The first-order valence-electron chi connectivity index (χ1n) is 5.83. The summed E-state index contributed by atoms with van der Waals surface area (Å²) in [6, 6.07) is 0.224. The van der Waals surface area contributed by atoms with E-state index in [0.717, 1.165) is 18.8 Å². The van der Waals surface area contributed by atoms with Gasteiger partial charge < -0.3 is 10.1 Å². The summed E-state index contributed by atoms with van der Waals surface area (Å²) in [4.78, 5) is 1.21. The summed E-state index contributed by atoms with van der Waals surface area (Å²) in [5.74, 6) is 0.413. The predicted molar refractivity (Wildman–Crippen MR) is 66.9 cm³/mol. The lowest BCUT2D eigenvalue weighted by atomic mass is 10.1. The monoisotopic (exact) mass is 243 g/mol. The average molecular weight is 243 g/mol. The number of hydrogen-bond acceptors (Lipinski definition) is 5. The second-order valence-corrected chi connectivity index (χ2v) is 4.73. The van der Waals surface area contributed by atoms with Gasteiger partial charge in [-0.1, -0.05) is 25.3 Å². The molecule has 0 amide bonds. The minimum atomic E-state index is 0.224. The highest BCUT2D eigenvalue weighted by Gasteiger charge is 2.20. The Labute approximate surface area is 102 Å². The SMILES string of the molecule is CCNC(COCC)c1snnc1C(C)C. The third-order valence-electron chi connectivity index (χ3n) is 2.34. The largest absolute Gasteiger partial charge is 0.380 e. The Morgan fingerprint density at radius 3 is 2.69 bits per heavy atom. The molecule has 1 N–H and O–H groups in total. The molecule has 0 aliphatic heterocycles. The number of rotatable bonds is 7. The number of aromatic nitrogens is 2. The zero-order chi connectivity index (χ0) is 12.0. The molecule has 1 atom stereocenters. The van der Waals surface area contributed by atoms with Crippen LogP contribution in [0.5, 0.6) is 0 Å². The van der Waals surface area contributed by atoms with Gasteiger partial charge in [-0.15, -0.1) is 5.10 Å². The summed E-state index contributed by atoms with van der Waals surface area (Å²) in [7, 11) is 0. The predicted octanol–water partition coefficient (Wildman–Crippen LogP) is 2.35.